The molecule has 7 nitrogen and oxygen atoms in total. The lowest BCUT2D eigenvalue weighted by Crippen LogP contribution is -1.97. The number of H-pyrrole nitrogens is 1. The van der Waals surface area contributed by atoms with Crippen LogP contribution in [0.5, 0.6) is 0 Å². The lowest BCUT2D eigenvalue weighted by molar-refractivity contribution is 0.967. The van der Waals surface area contributed by atoms with Gasteiger partial charge in [0.15, 0.2) is 16.6 Å². The third kappa shape index (κ3) is 2.04. The highest BCUT2D eigenvalue weighted by Crippen LogP contribution is 2.33. The maximum Gasteiger partial charge on any atom is 0.182 e. The molecule has 0 aromatic carbocycles. The van der Waals surface area contributed by atoms with Gasteiger partial charge in [-0.3, -0.25) is 9.67 Å². The molecule has 0 saturated carbocycles. The third-order valence-electron chi connectivity index (χ3n) is 3.08. The smallest absolute Gasteiger partial charge is 0.182 e. The van der Waals surface area contributed by atoms with Crippen molar-refractivity contribution in [2.45, 2.75) is 0 Å². The summed E-state index contributed by atoms with van der Waals surface area (Å²) in [5.74, 6) is 0.653. The van der Waals surface area contributed by atoms with E-state index in [-0.39, 0.29) is 0 Å². The lowest BCUT2D eigenvalue weighted by atomic mass is 10.2. The summed E-state index contributed by atoms with van der Waals surface area (Å²) in [7, 11) is 0. The monoisotopic (exact) mass is 351 g/mol. The van der Waals surface area contributed by atoms with Crippen LogP contribution in [0.1, 0.15) is 0 Å². The number of aromatic nitrogens is 6. The summed E-state index contributed by atoms with van der Waals surface area (Å²) >= 11 is 13.5. The quantitative estimate of drug-likeness (QED) is 0.540. The molecular formula is C12H7Cl2N7S. The molecule has 3 N–H and O–H groups in total. The molecule has 4 aromatic heterocycles. The Morgan fingerprint density at radius 1 is 1.27 bits per heavy atom. The molecule has 0 fully saturated rings. The highest BCUT2D eigenvalue weighted by atomic mass is 35.5. The van der Waals surface area contributed by atoms with Gasteiger partial charge in [-0.2, -0.15) is 5.10 Å². The number of rotatable bonds is 2. The van der Waals surface area contributed by atoms with Gasteiger partial charge in [-0.15, -0.1) is 0 Å². The second kappa shape index (κ2) is 4.94. The van der Waals surface area contributed by atoms with Crippen molar-refractivity contribution >= 4 is 50.0 Å². The molecule has 110 valence electrons. The molecule has 10 heteroatoms. The van der Waals surface area contributed by atoms with Crippen LogP contribution in [-0.2, 0) is 0 Å². The SMILES string of the molecule is Nc1nc2[nH]nc(-n3cncc3-c3cc(Cl)ncc3Cl)c2s1. The number of nitrogens with zero attached hydrogens (tertiary/aromatic N) is 5. The molecule has 0 aliphatic carbocycles. The van der Waals surface area contributed by atoms with E-state index < -0.39 is 0 Å². The van der Waals surface area contributed by atoms with E-state index in [1.807, 2.05) is 0 Å². The average Bonchev–Trinajstić information content (AvgIpc) is 3.16. The van der Waals surface area contributed by atoms with Crippen LogP contribution in [0.25, 0.3) is 27.4 Å². The maximum absolute atomic E-state index is 6.22. The number of thiazole rings is 1. The normalized spacial score (nSPS) is 11.4. The van der Waals surface area contributed by atoms with Gasteiger partial charge in [0.1, 0.15) is 16.2 Å². The minimum atomic E-state index is 0.348. The minimum absolute atomic E-state index is 0.348. The molecule has 0 radical (unpaired) electrons. The molecular weight excluding hydrogens is 345 g/mol. The Balaban J connectivity index is 1.95. The van der Waals surface area contributed by atoms with E-state index in [9.17, 15) is 0 Å². The predicted molar refractivity (Wildman–Crippen MR) is 86.6 cm³/mol. The van der Waals surface area contributed by atoms with Crippen molar-refractivity contribution in [3.63, 3.8) is 0 Å². The van der Waals surface area contributed by atoms with Gasteiger partial charge in [0, 0.05) is 11.8 Å². The van der Waals surface area contributed by atoms with Gasteiger partial charge < -0.3 is 5.73 Å². The Labute approximate surface area is 137 Å². The Morgan fingerprint density at radius 3 is 3.00 bits per heavy atom. The molecule has 4 heterocycles. The van der Waals surface area contributed by atoms with Crippen molar-refractivity contribution < 1.29 is 0 Å². The summed E-state index contributed by atoms with van der Waals surface area (Å²) in [6.45, 7) is 0. The first kappa shape index (κ1) is 13.5. The van der Waals surface area contributed by atoms with Crippen LogP contribution in [-0.4, -0.2) is 29.7 Å². The summed E-state index contributed by atoms with van der Waals surface area (Å²) in [5, 5.41) is 8.42. The van der Waals surface area contributed by atoms with Gasteiger partial charge in [0.05, 0.1) is 16.9 Å². The first-order valence-corrected chi connectivity index (χ1v) is 7.65. The highest BCUT2D eigenvalue weighted by Gasteiger charge is 2.17. The van der Waals surface area contributed by atoms with Gasteiger partial charge in [-0.05, 0) is 6.07 Å². The second-order valence-electron chi connectivity index (χ2n) is 4.41. The summed E-state index contributed by atoms with van der Waals surface area (Å²) in [4.78, 5) is 12.3. The van der Waals surface area contributed by atoms with Crippen molar-refractivity contribution in [2.75, 3.05) is 5.73 Å². The van der Waals surface area contributed by atoms with Crippen molar-refractivity contribution in [3.05, 3.63) is 35.0 Å². The minimum Gasteiger partial charge on any atom is -0.375 e. The highest BCUT2D eigenvalue weighted by molar-refractivity contribution is 7.22. The summed E-state index contributed by atoms with van der Waals surface area (Å²) in [6, 6.07) is 1.68. The van der Waals surface area contributed by atoms with Crippen LogP contribution < -0.4 is 5.73 Å². The lowest BCUT2D eigenvalue weighted by Gasteiger charge is -2.07. The van der Waals surface area contributed by atoms with Crippen molar-refractivity contribution in [1.82, 2.24) is 29.7 Å². The van der Waals surface area contributed by atoms with Crippen LogP contribution >= 0.6 is 34.5 Å². The molecule has 0 unspecified atom stereocenters. The van der Waals surface area contributed by atoms with Crippen molar-refractivity contribution in [3.8, 4) is 17.1 Å². The van der Waals surface area contributed by atoms with Crippen LogP contribution in [0.4, 0.5) is 5.13 Å². The Morgan fingerprint density at radius 2 is 2.14 bits per heavy atom. The van der Waals surface area contributed by atoms with Gasteiger partial charge in [0.2, 0.25) is 0 Å². The molecule has 4 rings (SSSR count). The zero-order valence-corrected chi connectivity index (χ0v) is 13.1. The topological polar surface area (TPSA) is 98.3 Å². The number of nitrogens with two attached hydrogens (primary N) is 1. The molecule has 0 saturated heterocycles. The van der Waals surface area contributed by atoms with Crippen molar-refractivity contribution in [2.24, 2.45) is 0 Å². The van der Waals surface area contributed by atoms with E-state index in [4.69, 9.17) is 28.9 Å². The van der Waals surface area contributed by atoms with Gasteiger partial charge in [-0.25, -0.2) is 15.0 Å². The van der Waals surface area contributed by atoms with E-state index in [0.29, 0.717) is 32.3 Å². The Hall–Kier alpha value is -2.16. The number of hydrogen-bond donors (Lipinski definition) is 2. The zero-order valence-electron chi connectivity index (χ0n) is 10.8. The van der Waals surface area contributed by atoms with Gasteiger partial charge in [0.25, 0.3) is 0 Å². The Bertz CT molecular complexity index is 987. The predicted octanol–water partition coefficient (Wildman–Crippen LogP) is 3.16. The fourth-order valence-electron chi connectivity index (χ4n) is 2.16. The van der Waals surface area contributed by atoms with E-state index in [0.717, 1.165) is 10.4 Å². The van der Waals surface area contributed by atoms with Crippen LogP contribution in [0.15, 0.2) is 24.8 Å². The first-order valence-electron chi connectivity index (χ1n) is 6.08. The number of fused-ring (bicyclic) bond motifs is 1. The molecule has 0 spiro atoms. The number of halogens is 2. The largest absolute Gasteiger partial charge is 0.375 e. The summed E-state index contributed by atoms with van der Waals surface area (Å²) in [6.07, 6.45) is 4.83. The van der Waals surface area contributed by atoms with Gasteiger partial charge in [-0.1, -0.05) is 34.5 Å². The van der Waals surface area contributed by atoms with E-state index in [1.165, 1.54) is 17.5 Å². The van der Waals surface area contributed by atoms with Crippen LogP contribution in [0.2, 0.25) is 10.2 Å². The standard InChI is InChI=1S/C12H7Cl2N7S/c13-6-2-17-8(14)1-5(6)7-3-16-4-21(7)11-9-10(19-20-11)18-12(15)22-9/h1-4H,(H3,15,18,19,20). The fraction of sp³-hybridized carbons (Fsp3) is 0. The molecule has 0 amide bonds. The molecule has 22 heavy (non-hydrogen) atoms. The zero-order chi connectivity index (χ0) is 15.3. The molecule has 0 aliphatic heterocycles. The van der Waals surface area contributed by atoms with Crippen LogP contribution in [0.3, 0.4) is 0 Å². The second-order valence-corrected chi connectivity index (χ2v) is 6.24. The third-order valence-corrected chi connectivity index (χ3v) is 4.47. The number of nitrogens with one attached hydrogen (secondary N) is 1. The van der Waals surface area contributed by atoms with Crippen LogP contribution in [0, 0.1) is 0 Å². The van der Waals surface area contributed by atoms with E-state index in [2.05, 4.69) is 25.1 Å². The number of aromatic amines is 1. The van der Waals surface area contributed by atoms with E-state index in [1.54, 1.807) is 23.2 Å². The fourth-order valence-corrected chi connectivity index (χ4v) is 3.28. The van der Waals surface area contributed by atoms with Gasteiger partial charge >= 0.3 is 0 Å². The molecule has 0 bridgehead atoms. The number of pyridine rings is 1. The number of imidazole rings is 1. The molecule has 0 aliphatic rings. The number of hydrogen-bond acceptors (Lipinski definition) is 6. The number of anilines is 1. The van der Waals surface area contributed by atoms with Crippen molar-refractivity contribution in [1.29, 1.82) is 0 Å². The molecule has 4 aromatic rings. The average molecular weight is 352 g/mol. The maximum atomic E-state index is 6.22. The Kier molecular flexibility index (Phi) is 3.03. The summed E-state index contributed by atoms with van der Waals surface area (Å²) < 4.78 is 2.64. The number of nitrogen functional groups attached to an aromatic ring is 1. The summed E-state index contributed by atoms with van der Waals surface area (Å²) in [5.41, 5.74) is 7.83. The molecule has 0 atom stereocenters. The van der Waals surface area contributed by atoms with E-state index >= 15 is 0 Å². The first-order chi connectivity index (χ1) is 10.6.